The van der Waals surface area contributed by atoms with Crippen molar-refractivity contribution in [2.24, 2.45) is 5.92 Å². The van der Waals surface area contributed by atoms with E-state index in [1.54, 1.807) is 7.11 Å². The van der Waals surface area contributed by atoms with E-state index in [0.29, 0.717) is 6.61 Å². The van der Waals surface area contributed by atoms with Crippen LogP contribution in [0.1, 0.15) is 69.0 Å². The molecule has 1 amide bonds. The summed E-state index contributed by atoms with van der Waals surface area (Å²) < 4.78 is 11.3. The number of hydrogen-bond donors (Lipinski definition) is 0. The van der Waals surface area contributed by atoms with E-state index in [1.165, 1.54) is 49.7 Å². The van der Waals surface area contributed by atoms with Crippen LogP contribution in [0.5, 0.6) is 11.5 Å². The second-order valence-electron chi connectivity index (χ2n) is 7.33. The predicted molar refractivity (Wildman–Crippen MR) is 99.2 cm³/mol. The molecule has 3 rings (SSSR count). The first kappa shape index (κ1) is 18.1. The summed E-state index contributed by atoms with van der Waals surface area (Å²) in [6.07, 6.45) is 11.0. The number of ether oxygens (including phenoxy) is 2. The molecule has 1 atom stereocenters. The minimum Gasteiger partial charge on any atom is -0.493 e. The fourth-order valence-corrected chi connectivity index (χ4v) is 4.47. The zero-order valence-corrected chi connectivity index (χ0v) is 15.6. The number of rotatable bonds is 7. The summed E-state index contributed by atoms with van der Waals surface area (Å²) in [6.45, 7) is 3.39. The first-order valence-electron chi connectivity index (χ1n) is 9.81. The molecule has 4 nitrogen and oxygen atoms in total. The van der Waals surface area contributed by atoms with Crippen LogP contribution in [0.15, 0.2) is 12.1 Å². The first-order valence-corrected chi connectivity index (χ1v) is 9.81. The number of carbonyl (C=O) groups is 1. The lowest BCUT2D eigenvalue weighted by atomic mass is 9.82. The molecular formula is C21H31NO3. The number of amides is 1. The van der Waals surface area contributed by atoms with Crippen molar-refractivity contribution < 1.29 is 14.3 Å². The Balaban J connectivity index is 1.82. The largest absolute Gasteiger partial charge is 0.493 e. The molecule has 1 aromatic rings. The van der Waals surface area contributed by atoms with Crippen LogP contribution >= 0.6 is 0 Å². The van der Waals surface area contributed by atoms with Crippen molar-refractivity contribution >= 4 is 6.41 Å². The lowest BCUT2D eigenvalue weighted by Gasteiger charge is -2.36. The van der Waals surface area contributed by atoms with Gasteiger partial charge >= 0.3 is 0 Å². The van der Waals surface area contributed by atoms with Crippen molar-refractivity contribution in [3.05, 3.63) is 23.3 Å². The molecule has 1 heterocycles. The SMILES string of the molecule is CCOc1cc2c(cc1OC)CCN(C=O)[C@H]2CCC1CCCCC1. The summed E-state index contributed by atoms with van der Waals surface area (Å²) in [5, 5.41) is 0. The zero-order chi connectivity index (χ0) is 17.6. The highest BCUT2D eigenvalue weighted by atomic mass is 16.5. The average Bonchev–Trinajstić information content (AvgIpc) is 2.66. The summed E-state index contributed by atoms with van der Waals surface area (Å²) in [6, 6.07) is 4.39. The third-order valence-corrected chi connectivity index (χ3v) is 5.83. The number of fused-ring (bicyclic) bond motifs is 1. The topological polar surface area (TPSA) is 38.8 Å². The Morgan fingerprint density at radius 3 is 2.64 bits per heavy atom. The highest BCUT2D eigenvalue weighted by Gasteiger charge is 2.29. The molecule has 0 N–H and O–H groups in total. The molecule has 0 radical (unpaired) electrons. The minimum atomic E-state index is 0.174. The molecule has 25 heavy (non-hydrogen) atoms. The van der Waals surface area contributed by atoms with Crippen molar-refractivity contribution in [1.29, 1.82) is 0 Å². The van der Waals surface area contributed by atoms with Crippen LogP contribution in [-0.2, 0) is 11.2 Å². The van der Waals surface area contributed by atoms with Crippen LogP contribution in [-0.4, -0.2) is 31.6 Å². The van der Waals surface area contributed by atoms with Gasteiger partial charge in [-0.05, 0) is 55.4 Å². The molecule has 0 spiro atoms. The Kier molecular flexibility index (Phi) is 6.22. The predicted octanol–water partition coefficient (Wildman–Crippen LogP) is 4.51. The van der Waals surface area contributed by atoms with Crippen LogP contribution in [0.3, 0.4) is 0 Å². The molecule has 0 bridgehead atoms. The lowest BCUT2D eigenvalue weighted by molar-refractivity contribution is -0.121. The van der Waals surface area contributed by atoms with Gasteiger partial charge in [0.05, 0.1) is 19.8 Å². The third-order valence-electron chi connectivity index (χ3n) is 5.83. The molecule has 1 fully saturated rings. The van der Waals surface area contributed by atoms with Gasteiger partial charge in [-0.2, -0.15) is 0 Å². The van der Waals surface area contributed by atoms with E-state index in [9.17, 15) is 4.79 Å². The fourth-order valence-electron chi connectivity index (χ4n) is 4.47. The Bertz CT molecular complexity index is 581. The highest BCUT2D eigenvalue weighted by Crippen LogP contribution is 2.41. The molecule has 1 aliphatic carbocycles. The van der Waals surface area contributed by atoms with Gasteiger partial charge in [0.2, 0.25) is 6.41 Å². The lowest BCUT2D eigenvalue weighted by Crippen LogP contribution is -2.34. The van der Waals surface area contributed by atoms with Gasteiger partial charge in [-0.25, -0.2) is 0 Å². The van der Waals surface area contributed by atoms with Crippen molar-refractivity contribution in [3.63, 3.8) is 0 Å². The van der Waals surface area contributed by atoms with Crippen LogP contribution < -0.4 is 9.47 Å². The second kappa shape index (κ2) is 8.59. The monoisotopic (exact) mass is 345 g/mol. The standard InChI is InChI=1S/C21H31NO3/c1-3-25-21-14-18-17(13-20(21)24-2)11-12-22(15-23)19(18)10-9-16-7-5-4-6-8-16/h13-16,19H,3-12H2,1-2H3/t19-/m0/s1. The van der Waals surface area contributed by atoms with Crippen LogP contribution in [0, 0.1) is 5.92 Å². The van der Waals surface area contributed by atoms with Gasteiger partial charge in [-0.1, -0.05) is 32.1 Å². The van der Waals surface area contributed by atoms with Gasteiger partial charge in [0.1, 0.15) is 0 Å². The molecule has 0 aromatic heterocycles. The van der Waals surface area contributed by atoms with Crippen LogP contribution in [0.4, 0.5) is 0 Å². The third kappa shape index (κ3) is 4.10. The highest BCUT2D eigenvalue weighted by molar-refractivity contribution is 5.55. The fraction of sp³-hybridized carbons (Fsp3) is 0.667. The van der Waals surface area contributed by atoms with E-state index in [4.69, 9.17) is 9.47 Å². The Labute approximate surface area is 151 Å². The van der Waals surface area contributed by atoms with Crippen molar-refractivity contribution in [3.8, 4) is 11.5 Å². The van der Waals surface area contributed by atoms with E-state index >= 15 is 0 Å². The van der Waals surface area contributed by atoms with Crippen LogP contribution in [0.2, 0.25) is 0 Å². The van der Waals surface area contributed by atoms with Gasteiger partial charge in [-0.3, -0.25) is 4.79 Å². The van der Waals surface area contributed by atoms with Crippen molar-refractivity contribution in [1.82, 2.24) is 4.90 Å². The maximum Gasteiger partial charge on any atom is 0.210 e. The van der Waals surface area contributed by atoms with Gasteiger partial charge in [0.15, 0.2) is 11.5 Å². The Hall–Kier alpha value is -1.71. The maximum atomic E-state index is 11.6. The van der Waals surface area contributed by atoms with Gasteiger partial charge < -0.3 is 14.4 Å². The Morgan fingerprint density at radius 2 is 1.96 bits per heavy atom. The summed E-state index contributed by atoms with van der Waals surface area (Å²) in [5.74, 6) is 2.42. The quantitative estimate of drug-likeness (QED) is 0.683. The maximum absolute atomic E-state index is 11.6. The van der Waals surface area contributed by atoms with Crippen LogP contribution in [0.25, 0.3) is 0 Å². The smallest absolute Gasteiger partial charge is 0.210 e. The van der Waals surface area contributed by atoms with E-state index in [1.807, 2.05) is 11.8 Å². The second-order valence-corrected chi connectivity index (χ2v) is 7.33. The van der Waals surface area contributed by atoms with E-state index in [0.717, 1.165) is 43.2 Å². The number of carbonyl (C=O) groups excluding carboxylic acids is 1. The molecule has 1 aromatic carbocycles. The minimum absolute atomic E-state index is 0.174. The summed E-state index contributed by atoms with van der Waals surface area (Å²) in [4.78, 5) is 13.6. The Morgan fingerprint density at radius 1 is 1.16 bits per heavy atom. The van der Waals surface area contributed by atoms with E-state index in [2.05, 4.69) is 12.1 Å². The van der Waals surface area contributed by atoms with Crippen molar-refractivity contribution in [2.75, 3.05) is 20.3 Å². The molecule has 138 valence electrons. The summed E-state index contributed by atoms with van der Waals surface area (Å²) >= 11 is 0. The molecule has 1 aliphatic heterocycles. The molecule has 2 aliphatic rings. The average molecular weight is 345 g/mol. The number of hydrogen-bond acceptors (Lipinski definition) is 3. The first-order chi connectivity index (χ1) is 12.3. The van der Waals surface area contributed by atoms with Crippen molar-refractivity contribution in [2.45, 2.75) is 64.3 Å². The molecule has 0 saturated heterocycles. The normalized spacial score (nSPS) is 20.9. The molecule has 4 heteroatoms. The molecule has 0 unspecified atom stereocenters. The number of methoxy groups -OCH3 is 1. The van der Waals surface area contributed by atoms with E-state index < -0.39 is 0 Å². The van der Waals surface area contributed by atoms with Gasteiger partial charge in [0, 0.05) is 6.54 Å². The van der Waals surface area contributed by atoms with Gasteiger partial charge in [-0.15, -0.1) is 0 Å². The molecular weight excluding hydrogens is 314 g/mol. The molecule has 1 saturated carbocycles. The zero-order valence-electron chi connectivity index (χ0n) is 15.6. The van der Waals surface area contributed by atoms with E-state index in [-0.39, 0.29) is 6.04 Å². The number of nitrogens with zero attached hydrogens (tertiary/aromatic N) is 1. The summed E-state index contributed by atoms with van der Waals surface area (Å²) in [7, 11) is 1.69. The number of benzene rings is 1. The summed E-state index contributed by atoms with van der Waals surface area (Å²) in [5.41, 5.74) is 2.55. The van der Waals surface area contributed by atoms with Gasteiger partial charge in [0.25, 0.3) is 0 Å².